The van der Waals surface area contributed by atoms with Crippen LogP contribution in [0.5, 0.6) is 0 Å². The Labute approximate surface area is 116 Å². The van der Waals surface area contributed by atoms with Gasteiger partial charge in [0.25, 0.3) is 0 Å². The molecule has 0 saturated carbocycles. The van der Waals surface area contributed by atoms with Crippen LogP contribution < -0.4 is 5.32 Å². The topological polar surface area (TPSA) is 17.0 Å². The summed E-state index contributed by atoms with van der Waals surface area (Å²) in [6.45, 7) is 9.91. The summed E-state index contributed by atoms with van der Waals surface area (Å²) in [4.78, 5) is 0. The molecule has 0 aliphatic heterocycles. The fraction of sp³-hybridized carbons (Fsp3) is 0.529. The quantitative estimate of drug-likeness (QED) is 0.809. The van der Waals surface area contributed by atoms with Crippen LogP contribution in [0.4, 0.5) is 0 Å². The van der Waals surface area contributed by atoms with Gasteiger partial charge in [-0.05, 0) is 50.9 Å². The lowest BCUT2D eigenvalue weighted by atomic mass is 10.0. The molecule has 0 spiro atoms. The van der Waals surface area contributed by atoms with Crippen LogP contribution in [-0.4, -0.2) is 17.2 Å². The Morgan fingerprint density at radius 2 is 1.95 bits per heavy atom. The Balaban J connectivity index is 2.22. The zero-order chi connectivity index (χ0) is 14.0. The van der Waals surface area contributed by atoms with Crippen molar-refractivity contribution in [2.45, 2.75) is 46.6 Å². The molecule has 0 saturated heterocycles. The number of benzene rings is 1. The second-order valence-electron chi connectivity index (χ2n) is 5.86. The van der Waals surface area contributed by atoms with Gasteiger partial charge in [-0.2, -0.15) is 0 Å². The number of nitrogens with one attached hydrogen (secondary N) is 1. The van der Waals surface area contributed by atoms with Crippen molar-refractivity contribution in [3.63, 3.8) is 0 Å². The standard InChI is InChI=1S/C17H26N2/c1-12(2)18-10-6-7-15-14(4)19(5)17-9-8-13(3)11-16(15)17/h8-9,11-12,18H,6-7,10H2,1-5H3. The van der Waals surface area contributed by atoms with Gasteiger partial charge in [-0.25, -0.2) is 0 Å². The number of nitrogens with zero attached hydrogens (tertiary/aromatic N) is 1. The molecule has 0 unspecified atom stereocenters. The summed E-state index contributed by atoms with van der Waals surface area (Å²) in [6, 6.07) is 7.35. The van der Waals surface area contributed by atoms with Gasteiger partial charge in [0.2, 0.25) is 0 Å². The molecule has 0 fully saturated rings. The van der Waals surface area contributed by atoms with Crippen LogP contribution in [0.1, 0.15) is 37.1 Å². The molecule has 0 aliphatic carbocycles. The Morgan fingerprint density at radius 1 is 1.21 bits per heavy atom. The van der Waals surface area contributed by atoms with Gasteiger partial charge in [0.1, 0.15) is 0 Å². The van der Waals surface area contributed by atoms with Crippen LogP contribution >= 0.6 is 0 Å². The van der Waals surface area contributed by atoms with E-state index in [9.17, 15) is 0 Å². The first-order chi connectivity index (χ1) is 9.00. The molecule has 0 radical (unpaired) electrons. The highest BCUT2D eigenvalue weighted by Crippen LogP contribution is 2.26. The van der Waals surface area contributed by atoms with Gasteiger partial charge < -0.3 is 9.88 Å². The molecule has 2 rings (SSSR count). The maximum Gasteiger partial charge on any atom is 0.0482 e. The van der Waals surface area contributed by atoms with E-state index < -0.39 is 0 Å². The lowest BCUT2D eigenvalue weighted by Gasteiger charge is -2.08. The second kappa shape index (κ2) is 5.79. The minimum absolute atomic E-state index is 0.579. The molecule has 1 heterocycles. The minimum Gasteiger partial charge on any atom is -0.348 e. The van der Waals surface area contributed by atoms with Crippen molar-refractivity contribution < 1.29 is 0 Å². The lowest BCUT2D eigenvalue weighted by molar-refractivity contribution is 0.570. The predicted octanol–water partition coefficient (Wildman–Crippen LogP) is 3.73. The van der Waals surface area contributed by atoms with E-state index in [1.54, 1.807) is 0 Å². The van der Waals surface area contributed by atoms with Crippen LogP contribution in [0.15, 0.2) is 18.2 Å². The first-order valence-corrected chi connectivity index (χ1v) is 7.28. The number of aryl methyl sites for hydroxylation is 3. The normalized spacial score (nSPS) is 11.7. The average Bonchev–Trinajstić information content (AvgIpc) is 2.58. The monoisotopic (exact) mass is 258 g/mol. The largest absolute Gasteiger partial charge is 0.348 e. The molecule has 0 aliphatic rings. The number of aromatic nitrogens is 1. The zero-order valence-electron chi connectivity index (χ0n) is 12.9. The fourth-order valence-electron chi connectivity index (χ4n) is 2.73. The SMILES string of the molecule is Cc1ccc2c(c1)c(CCCNC(C)C)c(C)n2C. The summed E-state index contributed by atoms with van der Waals surface area (Å²) in [5.41, 5.74) is 5.63. The molecular formula is C17H26N2. The summed E-state index contributed by atoms with van der Waals surface area (Å²) < 4.78 is 2.32. The smallest absolute Gasteiger partial charge is 0.0482 e. The van der Waals surface area contributed by atoms with Crippen molar-refractivity contribution in [1.82, 2.24) is 9.88 Å². The highest BCUT2D eigenvalue weighted by molar-refractivity contribution is 5.86. The molecule has 1 aromatic heterocycles. The Hall–Kier alpha value is -1.28. The minimum atomic E-state index is 0.579. The molecule has 1 N–H and O–H groups in total. The molecule has 2 nitrogen and oxygen atoms in total. The van der Waals surface area contributed by atoms with Gasteiger partial charge in [0.05, 0.1) is 0 Å². The van der Waals surface area contributed by atoms with Crippen molar-refractivity contribution in [3.8, 4) is 0 Å². The summed E-state index contributed by atoms with van der Waals surface area (Å²) in [5.74, 6) is 0. The maximum atomic E-state index is 3.49. The van der Waals surface area contributed by atoms with E-state index >= 15 is 0 Å². The summed E-state index contributed by atoms with van der Waals surface area (Å²) in [6.07, 6.45) is 2.36. The molecule has 19 heavy (non-hydrogen) atoms. The molecule has 2 aromatic rings. The zero-order valence-corrected chi connectivity index (χ0v) is 12.9. The van der Waals surface area contributed by atoms with Gasteiger partial charge in [0, 0.05) is 29.7 Å². The lowest BCUT2D eigenvalue weighted by Crippen LogP contribution is -2.23. The van der Waals surface area contributed by atoms with E-state index in [2.05, 4.69) is 62.8 Å². The fourth-order valence-corrected chi connectivity index (χ4v) is 2.73. The first kappa shape index (κ1) is 14.1. The van der Waals surface area contributed by atoms with Gasteiger partial charge in [0.15, 0.2) is 0 Å². The van der Waals surface area contributed by atoms with E-state index in [0.29, 0.717) is 6.04 Å². The van der Waals surface area contributed by atoms with E-state index in [0.717, 1.165) is 13.0 Å². The van der Waals surface area contributed by atoms with Crippen LogP contribution in [0.25, 0.3) is 10.9 Å². The van der Waals surface area contributed by atoms with Crippen LogP contribution in [0.2, 0.25) is 0 Å². The van der Waals surface area contributed by atoms with Gasteiger partial charge in [-0.1, -0.05) is 25.5 Å². The summed E-state index contributed by atoms with van der Waals surface area (Å²) in [5, 5.41) is 4.93. The predicted molar refractivity (Wildman–Crippen MR) is 83.9 cm³/mol. The van der Waals surface area contributed by atoms with Gasteiger partial charge in [-0.3, -0.25) is 0 Å². The average molecular weight is 258 g/mol. The first-order valence-electron chi connectivity index (χ1n) is 7.28. The van der Waals surface area contributed by atoms with Crippen molar-refractivity contribution in [2.24, 2.45) is 7.05 Å². The van der Waals surface area contributed by atoms with E-state index in [1.165, 1.54) is 34.1 Å². The maximum absolute atomic E-state index is 3.49. The Bertz CT molecular complexity index is 564. The summed E-state index contributed by atoms with van der Waals surface area (Å²) in [7, 11) is 2.17. The van der Waals surface area contributed by atoms with Crippen LogP contribution in [-0.2, 0) is 13.5 Å². The highest BCUT2D eigenvalue weighted by Gasteiger charge is 2.11. The van der Waals surface area contributed by atoms with Crippen molar-refractivity contribution in [2.75, 3.05) is 6.54 Å². The van der Waals surface area contributed by atoms with Gasteiger partial charge in [-0.15, -0.1) is 0 Å². The Kier molecular flexibility index (Phi) is 4.31. The van der Waals surface area contributed by atoms with E-state index in [4.69, 9.17) is 0 Å². The van der Waals surface area contributed by atoms with Crippen LogP contribution in [0.3, 0.4) is 0 Å². The molecular weight excluding hydrogens is 232 g/mol. The third-order valence-corrected chi connectivity index (χ3v) is 3.93. The third kappa shape index (κ3) is 3.01. The van der Waals surface area contributed by atoms with Crippen molar-refractivity contribution >= 4 is 10.9 Å². The summed E-state index contributed by atoms with van der Waals surface area (Å²) >= 11 is 0. The molecule has 0 atom stereocenters. The number of hydrogen-bond acceptors (Lipinski definition) is 1. The molecule has 104 valence electrons. The number of fused-ring (bicyclic) bond motifs is 1. The molecule has 0 amide bonds. The molecule has 2 heteroatoms. The number of rotatable bonds is 5. The van der Waals surface area contributed by atoms with Crippen molar-refractivity contribution in [1.29, 1.82) is 0 Å². The van der Waals surface area contributed by atoms with Crippen molar-refractivity contribution in [3.05, 3.63) is 35.0 Å². The second-order valence-corrected chi connectivity index (χ2v) is 5.86. The number of hydrogen-bond donors (Lipinski definition) is 1. The van der Waals surface area contributed by atoms with Crippen LogP contribution in [0, 0.1) is 13.8 Å². The van der Waals surface area contributed by atoms with E-state index in [-0.39, 0.29) is 0 Å². The van der Waals surface area contributed by atoms with E-state index in [1.807, 2.05) is 0 Å². The third-order valence-electron chi connectivity index (χ3n) is 3.93. The Morgan fingerprint density at radius 3 is 2.63 bits per heavy atom. The highest BCUT2D eigenvalue weighted by atomic mass is 14.9. The molecule has 0 bridgehead atoms. The molecule has 1 aromatic carbocycles. The van der Waals surface area contributed by atoms with Gasteiger partial charge >= 0.3 is 0 Å².